The molecule has 0 fully saturated rings. The molecule has 0 aromatic heterocycles. The minimum atomic E-state index is -3.22. The van der Waals surface area contributed by atoms with E-state index in [0.717, 1.165) is 5.56 Å². The molecular weight excluding hydrogens is 250 g/mol. The fraction of sp³-hybridized carbons (Fsp3) is 0.538. The normalized spacial score (nSPS) is 13.8. The summed E-state index contributed by atoms with van der Waals surface area (Å²) in [6, 6.07) is 9.57. The van der Waals surface area contributed by atoms with Crippen LogP contribution in [0, 0.1) is 5.92 Å². The molecule has 1 aromatic rings. The molecule has 0 unspecified atom stereocenters. The maximum atomic E-state index is 11.7. The van der Waals surface area contributed by atoms with Gasteiger partial charge in [0, 0.05) is 13.7 Å². The Labute approximate surface area is 109 Å². The number of hydrogen-bond acceptors (Lipinski definition) is 3. The fourth-order valence-electron chi connectivity index (χ4n) is 1.71. The zero-order valence-electron chi connectivity index (χ0n) is 11.1. The molecule has 0 aliphatic rings. The Morgan fingerprint density at radius 3 is 2.33 bits per heavy atom. The molecule has 0 bridgehead atoms. The minimum Gasteiger partial charge on any atom is -0.375 e. The van der Waals surface area contributed by atoms with E-state index >= 15 is 0 Å². The minimum absolute atomic E-state index is 0.111. The molecular formula is C13H21NO3S. The van der Waals surface area contributed by atoms with Gasteiger partial charge in [0.2, 0.25) is 10.0 Å². The lowest BCUT2D eigenvalue weighted by molar-refractivity contribution is 0.107. The van der Waals surface area contributed by atoms with Crippen molar-refractivity contribution >= 4 is 10.0 Å². The van der Waals surface area contributed by atoms with Crippen LogP contribution in [0.2, 0.25) is 0 Å². The summed E-state index contributed by atoms with van der Waals surface area (Å²) in [5.41, 5.74) is 0.965. The van der Waals surface area contributed by atoms with E-state index in [4.69, 9.17) is 4.74 Å². The van der Waals surface area contributed by atoms with Gasteiger partial charge in [-0.2, -0.15) is 0 Å². The second-order valence-electron chi connectivity index (χ2n) is 4.66. The van der Waals surface area contributed by atoms with Gasteiger partial charge in [0.15, 0.2) is 0 Å². The molecule has 1 N–H and O–H groups in total. The van der Waals surface area contributed by atoms with Crippen LogP contribution in [0.5, 0.6) is 0 Å². The third-order valence-electron chi connectivity index (χ3n) is 2.50. The first-order valence-electron chi connectivity index (χ1n) is 5.99. The molecule has 5 heteroatoms. The lowest BCUT2D eigenvalue weighted by Crippen LogP contribution is -2.32. The Hall–Kier alpha value is -0.910. The van der Waals surface area contributed by atoms with Gasteiger partial charge in [-0.25, -0.2) is 13.1 Å². The molecule has 1 atom stereocenters. The highest BCUT2D eigenvalue weighted by Gasteiger charge is 2.16. The van der Waals surface area contributed by atoms with Crippen molar-refractivity contribution in [3.63, 3.8) is 0 Å². The topological polar surface area (TPSA) is 55.4 Å². The average molecular weight is 271 g/mol. The number of hydrogen-bond donors (Lipinski definition) is 1. The molecule has 0 saturated heterocycles. The standard InChI is InChI=1S/C13H21NO3S/c1-11(2)10-18(15,16)14-9-13(17-3)12-7-5-4-6-8-12/h4-8,11,13-14H,9-10H2,1-3H3/t13-/m1/s1. The summed E-state index contributed by atoms with van der Waals surface area (Å²) in [6.07, 6.45) is -0.256. The molecule has 102 valence electrons. The summed E-state index contributed by atoms with van der Waals surface area (Å²) >= 11 is 0. The third-order valence-corrected chi connectivity index (χ3v) is 4.21. The molecule has 0 spiro atoms. The highest BCUT2D eigenvalue weighted by Crippen LogP contribution is 2.15. The Morgan fingerprint density at radius 2 is 1.83 bits per heavy atom. The number of methoxy groups -OCH3 is 1. The first kappa shape index (κ1) is 15.1. The summed E-state index contributed by atoms with van der Waals surface area (Å²) in [4.78, 5) is 0. The number of rotatable bonds is 7. The number of sulfonamides is 1. The van der Waals surface area contributed by atoms with E-state index in [9.17, 15) is 8.42 Å². The number of benzene rings is 1. The zero-order chi connectivity index (χ0) is 13.6. The van der Waals surface area contributed by atoms with Crippen LogP contribution in [0.25, 0.3) is 0 Å². The van der Waals surface area contributed by atoms with Crippen molar-refractivity contribution in [2.24, 2.45) is 5.92 Å². The van der Waals surface area contributed by atoms with E-state index in [1.54, 1.807) is 7.11 Å². The Morgan fingerprint density at radius 1 is 1.22 bits per heavy atom. The van der Waals surface area contributed by atoms with E-state index in [2.05, 4.69) is 4.72 Å². The number of nitrogens with one attached hydrogen (secondary N) is 1. The lowest BCUT2D eigenvalue weighted by Gasteiger charge is -2.17. The first-order valence-corrected chi connectivity index (χ1v) is 7.65. The van der Waals surface area contributed by atoms with E-state index in [0.29, 0.717) is 0 Å². The molecule has 0 amide bonds. The quantitative estimate of drug-likeness (QED) is 0.824. The zero-order valence-corrected chi connectivity index (χ0v) is 11.9. The van der Waals surface area contributed by atoms with Gasteiger partial charge in [-0.3, -0.25) is 0 Å². The van der Waals surface area contributed by atoms with Crippen LogP contribution in [-0.2, 0) is 14.8 Å². The molecule has 0 radical (unpaired) electrons. The van der Waals surface area contributed by atoms with Crippen LogP contribution >= 0.6 is 0 Å². The molecule has 1 aromatic carbocycles. The maximum absolute atomic E-state index is 11.7. The van der Waals surface area contributed by atoms with E-state index < -0.39 is 10.0 Å². The molecule has 1 rings (SSSR count). The van der Waals surface area contributed by atoms with Gasteiger partial charge in [0.05, 0.1) is 11.9 Å². The second kappa shape index (κ2) is 6.87. The molecule has 0 aliphatic carbocycles. The molecule has 4 nitrogen and oxygen atoms in total. The second-order valence-corrected chi connectivity index (χ2v) is 6.51. The summed E-state index contributed by atoms with van der Waals surface area (Å²) in [5, 5.41) is 0. The largest absolute Gasteiger partial charge is 0.375 e. The van der Waals surface area contributed by atoms with Crippen molar-refractivity contribution in [3.05, 3.63) is 35.9 Å². The monoisotopic (exact) mass is 271 g/mol. The van der Waals surface area contributed by atoms with Gasteiger partial charge in [-0.15, -0.1) is 0 Å². The van der Waals surface area contributed by atoms with Crippen LogP contribution in [0.1, 0.15) is 25.5 Å². The van der Waals surface area contributed by atoms with Crippen molar-refractivity contribution in [3.8, 4) is 0 Å². The van der Waals surface area contributed by atoms with Crippen molar-refractivity contribution in [1.29, 1.82) is 0 Å². The predicted octanol–water partition coefficient (Wildman–Crippen LogP) is 1.95. The van der Waals surface area contributed by atoms with Crippen LogP contribution in [0.15, 0.2) is 30.3 Å². The van der Waals surface area contributed by atoms with Crippen molar-refractivity contribution in [2.75, 3.05) is 19.4 Å². The summed E-state index contributed by atoms with van der Waals surface area (Å²) in [7, 11) is -1.65. The van der Waals surface area contributed by atoms with Crippen molar-refractivity contribution in [1.82, 2.24) is 4.72 Å². The Balaban J connectivity index is 2.61. The maximum Gasteiger partial charge on any atom is 0.211 e. The van der Waals surface area contributed by atoms with Gasteiger partial charge >= 0.3 is 0 Å². The van der Waals surface area contributed by atoms with E-state index in [-0.39, 0.29) is 24.3 Å². The van der Waals surface area contributed by atoms with E-state index in [1.807, 2.05) is 44.2 Å². The van der Waals surface area contributed by atoms with Gasteiger partial charge in [0.25, 0.3) is 0 Å². The Bertz CT molecular complexity index is 443. The van der Waals surface area contributed by atoms with E-state index in [1.165, 1.54) is 0 Å². The number of ether oxygens (including phenoxy) is 1. The van der Waals surface area contributed by atoms with Gasteiger partial charge in [-0.05, 0) is 11.5 Å². The van der Waals surface area contributed by atoms with Crippen LogP contribution in [0.3, 0.4) is 0 Å². The third kappa shape index (κ3) is 5.16. The van der Waals surface area contributed by atoms with Gasteiger partial charge in [-0.1, -0.05) is 44.2 Å². The van der Waals surface area contributed by atoms with Crippen LogP contribution in [-0.4, -0.2) is 27.8 Å². The molecule has 0 heterocycles. The lowest BCUT2D eigenvalue weighted by atomic mass is 10.1. The fourth-order valence-corrected chi connectivity index (χ4v) is 3.11. The van der Waals surface area contributed by atoms with Gasteiger partial charge in [0.1, 0.15) is 0 Å². The van der Waals surface area contributed by atoms with Crippen LogP contribution in [0.4, 0.5) is 0 Å². The summed E-state index contributed by atoms with van der Waals surface area (Å²) in [6.45, 7) is 4.02. The highest BCUT2D eigenvalue weighted by molar-refractivity contribution is 7.89. The highest BCUT2D eigenvalue weighted by atomic mass is 32.2. The predicted molar refractivity (Wildman–Crippen MR) is 72.8 cm³/mol. The van der Waals surface area contributed by atoms with Crippen molar-refractivity contribution < 1.29 is 13.2 Å². The first-order chi connectivity index (χ1) is 8.44. The average Bonchev–Trinajstić information content (AvgIpc) is 2.29. The SMILES string of the molecule is CO[C@H](CNS(=O)(=O)CC(C)C)c1ccccc1. The van der Waals surface area contributed by atoms with Crippen molar-refractivity contribution in [2.45, 2.75) is 20.0 Å². The molecule has 0 saturated carbocycles. The molecule has 18 heavy (non-hydrogen) atoms. The smallest absolute Gasteiger partial charge is 0.211 e. The van der Waals surface area contributed by atoms with Crippen LogP contribution < -0.4 is 4.72 Å². The molecule has 0 aliphatic heterocycles. The summed E-state index contributed by atoms with van der Waals surface area (Å²) < 4.78 is 31.3. The summed E-state index contributed by atoms with van der Waals surface area (Å²) in [5.74, 6) is 0.248. The Kier molecular flexibility index (Phi) is 5.78. The van der Waals surface area contributed by atoms with Gasteiger partial charge < -0.3 is 4.74 Å².